The van der Waals surface area contributed by atoms with Crippen molar-refractivity contribution in [1.82, 2.24) is 10.6 Å². The number of thiocarbonyl (C=S) groups is 1. The Morgan fingerprint density at radius 1 is 0.931 bits per heavy atom. The Bertz CT molecular complexity index is 910. The van der Waals surface area contributed by atoms with E-state index in [-0.39, 0.29) is 22.6 Å². The van der Waals surface area contributed by atoms with Crippen LogP contribution in [0.3, 0.4) is 0 Å². The fourth-order valence-corrected chi connectivity index (χ4v) is 4.04. The third-order valence-corrected chi connectivity index (χ3v) is 5.35. The molecule has 0 heterocycles. The van der Waals surface area contributed by atoms with Crippen molar-refractivity contribution < 1.29 is 9.59 Å². The lowest BCUT2D eigenvalue weighted by Crippen LogP contribution is -2.37. The molecule has 0 saturated heterocycles. The summed E-state index contributed by atoms with van der Waals surface area (Å²) in [7, 11) is 0. The Hall–Kier alpha value is -2.15. The number of para-hydroxylation sites is 1. The van der Waals surface area contributed by atoms with Crippen molar-refractivity contribution in [2.45, 2.75) is 38.1 Å². The van der Waals surface area contributed by atoms with Gasteiger partial charge in [0.05, 0.1) is 11.3 Å². The summed E-state index contributed by atoms with van der Waals surface area (Å²) in [4.78, 5) is 25.1. The second-order valence-electron chi connectivity index (χ2n) is 6.92. The molecule has 3 N–H and O–H groups in total. The Labute approximate surface area is 185 Å². The minimum absolute atomic E-state index is 0.0732. The number of nitrogens with one attached hydrogen (secondary N) is 3. The molecule has 1 saturated carbocycles. The molecule has 3 rings (SSSR count). The van der Waals surface area contributed by atoms with Gasteiger partial charge in [0, 0.05) is 21.7 Å². The molecule has 8 heteroatoms. The van der Waals surface area contributed by atoms with Crippen molar-refractivity contribution in [3.8, 4) is 0 Å². The molecular weight excluding hydrogens is 429 g/mol. The Kier molecular flexibility index (Phi) is 7.47. The second kappa shape index (κ2) is 10.1. The highest BCUT2D eigenvalue weighted by Crippen LogP contribution is 2.21. The molecule has 0 radical (unpaired) electrons. The van der Waals surface area contributed by atoms with E-state index < -0.39 is 5.91 Å². The van der Waals surface area contributed by atoms with Gasteiger partial charge in [0.15, 0.2) is 5.11 Å². The van der Waals surface area contributed by atoms with Crippen LogP contribution in [0.4, 0.5) is 5.69 Å². The summed E-state index contributed by atoms with van der Waals surface area (Å²) in [5.41, 5.74) is 1.28. The second-order valence-corrected chi connectivity index (χ2v) is 8.20. The molecule has 0 spiro atoms. The van der Waals surface area contributed by atoms with Gasteiger partial charge in [0.2, 0.25) is 0 Å². The van der Waals surface area contributed by atoms with E-state index in [1.807, 2.05) is 0 Å². The average molecular weight is 450 g/mol. The van der Waals surface area contributed by atoms with Crippen molar-refractivity contribution in [3.63, 3.8) is 0 Å². The zero-order valence-electron chi connectivity index (χ0n) is 15.6. The largest absolute Gasteiger partial charge is 0.349 e. The molecule has 2 aromatic carbocycles. The van der Waals surface area contributed by atoms with Crippen molar-refractivity contribution in [3.05, 3.63) is 63.6 Å². The van der Waals surface area contributed by atoms with Gasteiger partial charge in [-0.1, -0.05) is 54.6 Å². The lowest BCUT2D eigenvalue weighted by atomic mass is 9.95. The van der Waals surface area contributed by atoms with E-state index in [1.54, 1.807) is 24.3 Å². The van der Waals surface area contributed by atoms with Crippen LogP contribution < -0.4 is 16.0 Å². The van der Waals surface area contributed by atoms with E-state index in [9.17, 15) is 9.59 Å². The first-order valence-electron chi connectivity index (χ1n) is 9.40. The Morgan fingerprint density at radius 2 is 1.59 bits per heavy atom. The van der Waals surface area contributed by atoms with E-state index in [4.69, 9.17) is 35.4 Å². The number of halogens is 2. The summed E-state index contributed by atoms with van der Waals surface area (Å²) >= 11 is 17.1. The number of rotatable bonds is 4. The Balaban J connectivity index is 1.65. The van der Waals surface area contributed by atoms with Crippen LogP contribution in [-0.2, 0) is 0 Å². The number of anilines is 1. The summed E-state index contributed by atoms with van der Waals surface area (Å²) < 4.78 is 0. The standard InChI is InChI=1S/C21H21Cl2N3O2S/c22-14-10-13(11-15(23)12-14)19(27)26-21(29)25-18-9-5-4-8-17(18)20(28)24-16-6-2-1-3-7-16/h4-5,8-12,16H,1-3,6-7H2,(H,24,28)(H2,25,26,27,29). The normalized spacial score (nSPS) is 14.1. The molecule has 0 atom stereocenters. The van der Waals surface area contributed by atoms with Gasteiger partial charge in [-0.15, -0.1) is 0 Å². The number of hydrogen-bond donors (Lipinski definition) is 3. The van der Waals surface area contributed by atoms with Gasteiger partial charge in [-0.05, 0) is 55.4 Å². The lowest BCUT2D eigenvalue weighted by Gasteiger charge is -2.23. The molecule has 2 amide bonds. The third kappa shape index (κ3) is 6.16. The summed E-state index contributed by atoms with van der Waals surface area (Å²) in [5.74, 6) is -0.605. The van der Waals surface area contributed by atoms with Gasteiger partial charge in [-0.2, -0.15) is 0 Å². The van der Waals surface area contributed by atoms with Crippen LogP contribution in [-0.4, -0.2) is 23.0 Å². The predicted octanol–water partition coefficient (Wildman–Crippen LogP) is 5.18. The van der Waals surface area contributed by atoms with E-state index in [2.05, 4.69) is 16.0 Å². The summed E-state index contributed by atoms with van der Waals surface area (Å²) in [5, 5.41) is 9.38. The first kappa shape index (κ1) is 21.6. The molecule has 1 aliphatic carbocycles. The third-order valence-electron chi connectivity index (χ3n) is 4.71. The van der Waals surface area contributed by atoms with E-state index in [1.165, 1.54) is 24.6 Å². The molecule has 0 aliphatic heterocycles. The molecule has 0 aromatic heterocycles. The summed E-state index contributed by atoms with van der Waals surface area (Å²) in [6, 6.07) is 11.8. The van der Waals surface area contributed by atoms with E-state index in [0.29, 0.717) is 21.3 Å². The number of benzene rings is 2. The molecule has 0 bridgehead atoms. The molecule has 1 fully saturated rings. The lowest BCUT2D eigenvalue weighted by molar-refractivity contribution is 0.0927. The minimum atomic E-state index is -0.448. The topological polar surface area (TPSA) is 70.2 Å². The fraction of sp³-hybridized carbons (Fsp3) is 0.286. The van der Waals surface area contributed by atoms with Crippen LogP contribution in [0.25, 0.3) is 0 Å². The quantitative estimate of drug-likeness (QED) is 0.562. The Morgan fingerprint density at radius 3 is 2.28 bits per heavy atom. The minimum Gasteiger partial charge on any atom is -0.349 e. The van der Waals surface area contributed by atoms with Gasteiger partial charge < -0.3 is 10.6 Å². The van der Waals surface area contributed by atoms with E-state index in [0.717, 1.165) is 25.7 Å². The smallest absolute Gasteiger partial charge is 0.257 e. The van der Waals surface area contributed by atoms with Gasteiger partial charge >= 0.3 is 0 Å². The van der Waals surface area contributed by atoms with Gasteiger partial charge in [0.25, 0.3) is 11.8 Å². The van der Waals surface area contributed by atoms with Gasteiger partial charge in [0.1, 0.15) is 0 Å². The van der Waals surface area contributed by atoms with Crippen LogP contribution in [0.5, 0.6) is 0 Å². The molecule has 0 unspecified atom stereocenters. The van der Waals surface area contributed by atoms with E-state index >= 15 is 0 Å². The number of amides is 2. The zero-order chi connectivity index (χ0) is 20.8. The SMILES string of the molecule is O=C(NC(=S)Nc1ccccc1C(=O)NC1CCCCC1)c1cc(Cl)cc(Cl)c1. The maximum atomic E-state index is 12.7. The van der Waals surface area contributed by atoms with Crippen LogP contribution in [0.1, 0.15) is 52.8 Å². The first-order valence-corrected chi connectivity index (χ1v) is 10.6. The van der Waals surface area contributed by atoms with Crippen molar-refractivity contribution in [2.75, 3.05) is 5.32 Å². The van der Waals surface area contributed by atoms with Crippen molar-refractivity contribution in [2.24, 2.45) is 0 Å². The highest BCUT2D eigenvalue weighted by atomic mass is 35.5. The van der Waals surface area contributed by atoms with Crippen LogP contribution >= 0.6 is 35.4 Å². The monoisotopic (exact) mass is 449 g/mol. The average Bonchev–Trinajstić information content (AvgIpc) is 2.68. The van der Waals surface area contributed by atoms with Crippen LogP contribution in [0, 0.1) is 0 Å². The van der Waals surface area contributed by atoms with Crippen LogP contribution in [0.2, 0.25) is 10.0 Å². The molecule has 2 aromatic rings. The maximum Gasteiger partial charge on any atom is 0.257 e. The van der Waals surface area contributed by atoms with Gasteiger partial charge in [-0.3, -0.25) is 14.9 Å². The van der Waals surface area contributed by atoms with Crippen molar-refractivity contribution >= 4 is 58.0 Å². The molecular formula is C21H21Cl2N3O2S. The van der Waals surface area contributed by atoms with Crippen LogP contribution in [0.15, 0.2) is 42.5 Å². The van der Waals surface area contributed by atoms with Gasteiger partial charge in [-0.25, -0.2) is 0 Å². The summed E-state index contributed by atoms with van der Waals surface area (Å²) in [6.07, 6.45) is 5.48. The number of carbonyl (C=O) groups excluding carboxylic acids is 2. The molecule has 5 nitrogen and oxygen atoms in total. The maximum absolute atomic E-state index is 12.7. The highest BCUT2D eigenvalue weighted by Gasteiger charge is 2.19. The molecule has 152 valence electrons. The molecule has 1 aliphatic rings. The zero-order valence-corrected chi connectivity index (χ0v) is 18.0. The summed E-state index contributed by atoms with van der Waals surface area (Å²) in [6.45, 7) is 0. The number of hydrogen-bond acceptors (Lipinski definition) is 3. The number of carbonyl (C=O) groups is 2. The molecule has 29 heavy (non-hydrogen) atoms. The fourth-order valence-electron chi connectivity index (χ4n) is 3.31. The van der Waals surface area contributed by atoms with Crippen molar-refractivity contribution in [1.29, 1.82) is 0 Å². The highest BCUT2D eigenvalue weighted by molar-refractivity contribution is 7.80. The predicted molar refractivity (Wildman–Crippen MR) is 121 cm³/mol. The first-order chi connectivity index (χ1) is 13.9.